The fourth-order valence-corrected chi connectivity index (χ4v) is 2.13. The van der Waals surface area contributed by atoms with Crippen LogP contribution in [0, 0.1) is 0 Å². The summed E-state index contributed by atoms with van der Waals surface area (Å²) in [6.07, 6.45) is 3.47. The van der Waals surface area contributed by atoms with E-state index in [1.807, 2.05) is 42.1 Å². The third kappa shape index (κ3) is 2.58. The highest BCUT2D eigenvalue weighted by Gasteiger charge is 2.14. The SMILES string of the molecule is COc1cccc2cc(C(=O)N/N=C/c3cccn3C)oc12. The molecule has 0 aliphatic rings. The number of nitrogens with one attached hydrogen (secondary N) is 1. The molecule has 0 saturated carbocycles. The first-order valence-electron chi connectivity index (χ1n) is 6.70. The van der Waals surface area contributed by atoms with Crippen molar-refractivity contribution in [2.45, 2.75) is 0 Å². The third-order valence-electron chi connectivity index (χ3n) is 3.30. The first-order valence-corrected chi connectivity index (χ1v) is 6.70. The molecule has 0 unspecified atom stereocenters. The van der Waals surface area contributed by atoms with Gasteiger partial charge in [-0.3, -0.25) is 4.79 Å². The number of ether oxygens (including phenoxy) is 1. The Morgan fingerprint density at radius 3 is 2.95 bits per heavy atom. The fourth-order valence-electron chi connectivity index (χ4n) is 2.13. The number of amides is 1. The van der Waals surface area contributed by atoms with E-state index in [4.69, 9.17) is 9.15 Å². The van der Waals surface area contributed by atoms with Crippen molar-refractivity contribution in [3.63, 3.8) is 0 Å². The molecular weight excluding hydrogens is 282 g/mol. The van der Waals surface area contributed by atoms with E-state index in [1.54, 1.807) is 25.5 Å². The number of hydrazone groups is 1. The number of aryl methyl sites for hydroxylation is 1. The standard InChI is InChI=1S/C16H15N3O3/c1-19-8-4-6-12(19)10-17-18-16(20)14-9-11-5-3-7-13(21-2)15(11)22-14/h3-10H,1-2H3,(H,18,20)/b17-10+. The molecule has 3 rings (SSSR count). The van der Waals surface area contributed by atoms with Gasteiger partial charge >= 0.3 is 5.91 Å². The monoisotopic (exact) mass is 297 g/mol. The van der Waals surface area contributed by atoms with Crippen LogP contribution in [0.4, 0.5) is 0 Å². The van der Waals surface area contributed by atoms with Gasteiger partial charge in [0.2, 0.25) is 0 Å². The van der Waals surface area contributed by atoms with Crippen LogP contribution < -0.4 is 10.2 Å². The summed E-state index contributed by atoms with van der Waals surface area (Å²) >= 11 is 0. The quantitative estimate of drug-likeness (QED) is 0.594. The molecule has 1 aromatic carbocycles. The molecule has 22 heavy (non-hydrogen) atoms. The molecule has 112 valence electrons. The van der Waals surface area contributed by atoms with E-state index in [9.17, 15) is 4.79 Å². The molecule has 0 atom stereocenters. The van der Waals surface area contributed by atoms with Gasteiger partial charge in [0.25, 0.3) is 0 Å². The van der Waals surface area contributed by atoms with Crippen LogP contribution in [0.3, 0.4) is 0 Å². The maximum atomic E-state index is 12.1. The number of carbonyl (C=O) groups is 1. The smallest absolute Gasteiger partial charge is 0.307 e. The average Bonchev–Trinajstić information content (AvgIpc) is 3.13. The van der Waals surface area contributed by atoms with E-state index in [1.165, 1.54) is 0 Å². The molecule has 0 aliphatic heterocycles. The maximum Gasteiger partial charge on any atom is 0.307 e. The molecule has 0 aliphatic carbocycles. The summed E-state index contributed by atoms with van der Waals surface area (Å²) in [6, 6.07) is 10.9. The van der Waals surface area contributed by atoms with Crippen molar-refractivity contribution in [2.24, 2.45) is 12.1 Å². The summed E-state index contributed by atoms with van der Waals surface area (Å²) in [5.74, 6) is 0.358. The number of hydrogen-bond donors (Lipinski definition) is 1. The Bertz CT molecular complexity index is 845. The van der Waals surface area contributed by atoms with E-state index in [2.05, 4.69) is 10.5 Å². The Morgan fingerprint density at radius 1 is 1.36 bits per heavy atom. The predicted molar refractivity (Wildman–Crippen MR) is 83.2 cm³/mol. The Balaban J connectivity index is 1.78. The second-order valence-corrected chi connectivity index (χ2v) is 4.73. The van der Waals surface area contributed by atoms with Crippen LogP contribution in [0.15, 0.2) is 52.1 Å². The van der Waals surface area contributed by atoms with Crippen LogP contribution in [0.25, 0.3) is 11.0 Å². The summed E-state index contributed by atoms with van der Waals surface area (Å²) < 4.78 is 12.6. The number of aromatic nitrogens is 1. The number of nitrogens with zero attached hydrogens (tertiary/aromatic N) is 2. The van der Waals surface area contributed by atoms with Crippen molar-refractivity contribution >= 4 is 23.1 Å². The zero-order valence-electron chi connectivity index (χ0n) is 12.2. The zero-order chi connectivity index (χ0) is 15.5. The summed E-state index contributed by atoms with van der Waals surface area (Å²) in [5, 5.41) is 4.73. The number of hydrogen-bond acceptors (Lipinski definition) is 4. The van der Waals surface area contributed by atoms with E-state index >= 15 is 0 Å². The van der Waals surface area contributed by atoms with Gasteiger partial charge in [-0.1, -0.05) is 12.1 Å². The number of fused-ring (bicyclic) bond motifs is 1. The number of methoxy groups -OCH3 is 1. The second kappa shape index (κ2) is 5.77. The first-order chi connectivity index (χ1) is 10.7. The number of para-hydroxylation sites is 1. The van der Waals surface area contributed by atoms with Crippen LogP contribution in [0.1, 0.15) is 16.2 Å². The summed E-state index contributed by atoms with van der Waals surface area (Å²) in [6.45, 7) is 0. The molecule has 6 heteroatoms. The Labute approximate surface area is 127 Å². The highest BCUT2D eigenvalue weighted by atomic mass is 16.5. The molecule has 0 fully saturated rings. The van der Waals surface area contributed by atoms with Gasteiger partial charge in [-0.25, -0.2) is 5.43 Å². The van der Waals surface area contributed by atoms with Gasteiger partial charge in [0, 0.05) is 18.6 Å². The van der Waals surface area contributed by atoms with Crippen molar-refractivity contribution in [3.8, 4) is 5.75 Å². The van der Waals surface area contributed by atoms with Crippen molar-refractivity contribution in [1.82, 2.24) is 9.99 Å². The molecule has 1 amide bonds. The molecular formula is C16H15N3O3. The van der Waals surface area contributed by atoms with E-state index in [0.717, 1.165) is 11.1 Å². The summed E-state index contributed by atoms with van der Waals surface area (Å²) in [5.41, 5.74) is 3.87. The largest absolute Gasteiger partial charge is 0.493 e. The fraction of sp³-hybridized carbons (Fsp3) is 0.125. The zero-order valence-corrected chi connectivity index (χ0v) is 12.2. The van der Waals surface area contributed by atoms with Crippen LogP contribution >= 0.6 is 0 Å². The Hall–Kier alpha value is -3.02. The molecule has 3 aromatic rings. The molecule has 2 heterocycles. The Morgan fingerprint density at radius 2 is 2.23 bits per heavy atom. The van der Waals surface area contributed by atoms with Crippen LogP contribution in [-0.2, 0) is 7.05 Å². The minimum atomic E-state index is -0.413. The van der Waals surface area contributed by atoms with Crippen LogP contribution in [0.5, 0.6) is 5.75 Å². The third-order valence-corrected chi connectivity index (χ3v) is 3.30. The van der Waals surface area contributed by atoms with Gasteiger partial charge in [-0.15, -0.1) is 0 Å². The minimum absolute atomic E-state index is 0.184. The van der Waals surface area contributed by atoms with E-state index < -0.39 is 5.91 Å². The molecule has 0 bridgehead atoms. The predicted octanol–water partition coefficient (Wildman–Crippen LogP) is 2.54. The molecule has 0 radical (unpaired) electrons. The van der Waals surface area contributed by atoms with Crippen LogP contribution in [-0.4, -0.2) is 23.8 Å². The lowest BCUT2D eigenvalue weighted by molar-refractivity contribution is 0.0929. The topological polar surface area (TPSA) is 68.8 Å². The lowest BCUT2D eigenvalue weighted by Crippen LogP contribution is -2.17. The van der Waals surface area contributed by atoms with Gasteiger partial charge < -0.3 is 13.7 Å². The molecule has 0 spiro atoms. The van der Waals surface area contributed by atoms with Gasteiger partial charge in [0.05, 0.1) is 19.0 Å². The second-order valence-electron chi connectivity index (χ2n) is 4.73. The normalized spacial score (nSPS) is 11.2. The molecule has 0 saturated heterocycles. The molecule has 2 aromatic heterocycles. The Kier molecular flexibility index (Phi) is 3.65. The maximum absolute atomic E-state index is 12.1. The number of carbonyl (C=O) groups excluding carboxylic acids is 1. The summed E-state index contributed by atoms with van der Waals surface area (Å²) in [7, 11) is 3.45. The lowest BCUT2D eigenvalue weighted by Gasteiger charge is -1.99. The minimum Gasteiger partial charge on any atom is -0.493 e. The molecule has 6 nitrogen and oxygen atoms in total. The summed E-state index contributed by atoms with van der Waals surface area (Å²) in [4.78, 5) is 12.1. The number of benzene rings is 1. The van der Waals surface area contributed by atoms with Gasteiger partial charge in [-0.05, 0) is 24.3 Å². The van der Waals surface area contributed by atoms with Crippen molar-refractivity contribution in [3.05, 3.63) is 54.0 Å². The number of furan rings is 1. The van der Waals surface area contributed by atoms with E-state index in [-0.39, 0.29) is 5.76 Å². The average molecular weight is 297 g/mol. The van der Waals surface area contributed by atoms with Crippen molar-refractivity contribution in [1.29, 1.82) is 0 Å². The highest BCUT2D eigenvalue weighted by molar-refractivity contribution is 5.97. The highest BCUT2D eigenvalue weighted by Crippen LogP contribution is 2.28. The van der Waals surface area contributed by atoms with Gasteiger partial charge in [-0.2, -0.15) is 5.10 Å². The molecule has 1 N–H and O–H groups in total. The first kappa shape index (κ1) is 13.9. The van der Waals surface area contributed by atoms with Crippen molar-refractivity contribution in [2.75, 3.05) is 7.11 Å². The van der Waals surface area contributed by atoms with Gasteiger partial charge in [0.1, 0.15) is 0 Å². The van der Waals surface area contributed by atoms with Gasteiger partial charge in [0.15, 0.2) is 17.1 Å². The number of rotatable bonds is 4. The lowest BCUT2D eigenvalue weighted by atomic mass is 10.2. The van der Waals surface area contributed by atoms with Crippen molar-refractivity contribution < 1.29 is 13.9 Å². The van der Waals surface area contributed by atoms with Crippen LogP contribution in [0.2, 0.25) is 0 Å². The van der Waals surface area contributed by atoms with E-state index in [0.29, 0.717) is 11.3 Å².